The van der Waals surface area contributed by atoms with Crippen LogP contribution in [-0.2, 0) is 0 Å². The molecule has 1 heterocycles. The molecule has 0 saturated carbocycles. The third-order valence-electron chi connectivity index (χ3n) is 10.0. The molecule has 9 aromatic carbocycles. The summed E-state index contributed by atoms with van der Waals surface area (Å²) in [5, 5.41) is 7.25. The fourth-order valence-electron chi connectivity index (χ4n) is 7.55. The van der Waals surface area contributed by atoms with Crippen molar-refractivity contribution >= 4 is 60.5 Å². The van der Waals surface area contributed by atoms with Crippen LogP contribution >= 0.6 is 0 Å². The van der Waals surface area contributed by atoms with Crippen LogP contribution in [0.2, 0.25) is 0 Å². The molecule has 2 nitrogen and oxygen atoms in total. The second-order valence-corrected chi connectivity index (χ2v) is 13.0. The lowest BCUT2D eigenvalue weighted by Gasteiger charge is -2.26. The van der Waals surface area contributed by atoms with Crippen molar-refractivity contribution in [2.75, 3.05) is 4.90 Å². The Bertz CT molecular complexity index is 2700. The van der Waals surface area contributed by atoms with Gasteiger partial charge < -0.3 is 9.32 Å². The Balaban J connectivity index is 1.06. The minimum absolute atomic E-state index is 0.940. The Kier molecular flexibility index (Phi) is 6.53. The van der Waals surface area contributed by atoms with Gasteiger partial charge in [-0.15, -0.1) is 0 Å². The number of fused-ring (bicyclic) bond motifs is 1. The number of rotatable bonds is 6. The summed E-state index contributed by atoms with van der Waals surface area (Å²) in [4.78, 5) is 2.35. The Morgan fingerprint density at radius 3 is 1.54 bits per heavy atom. The summed E-state index contributed by atoms with van der Waals surface area (Å²) in [6.07, 6.45) is 0. The summed E-state index contributed by atoms with van der Waals surface area (Å²) in [5.41, 5.74) is 12.5. The summed E-state index contributed by atoms with van der Waals surface area (Å²) < 4.78 is 6.24. The lowest BCUT2D eigenvalue weighted by Crippen LogP contribution is -2.09. The van der Waals surface area contributed by atoms with Gasteiger partial charge in [-0.25, -0.2) is 0 Å². The number of furan rings is 1. The first-order valence-corrected chi connectivity index (χ1v) is 17.1. The molecule has 234 valence electrons. The molecule has 0 spiro atoms. The van der Waals surface area contributed by atoms with Gasteiger partial charge in [0.05, 0.1) is 0 Å². The molecule has 0 radical (unpaired) electrons. The van der Waals surface area contributed by atoms with Crippen LogP contribution in [0.1, 0.15) is 0 Å². The Hall–Kier alpha value is -6.64. The molecule has 0 aliphatic rings. The normalized spacial score (nSPS) is 11.6. The van der Waals surface area contributed by atoms with E-state index >= 15 is 0 Å². The maximum absolute atomic E-state index is 6.24. The highest BCUT2D eigenvalue weighted by Gasteiger charge is 2.17. The summed E-state index contributed by atoms with van der Waals surface area (Å²) in [5.74, 6) is 0. The molecule has 0 unspecified atom stereocenters. The molecular formula is C48H31NO. The molecule has 0 fully saturated rings. The lowest BCUT2D eigenvalue weighted by molar-refractivity contribution is 0.669. The van der Waals surface area contributed by atoms with Gasteiger partial charge in [-0.1, -0.05) is 133 Å². The predicted molar refractivity (Wildman–Crippen MR) is 211 cm³/mol. The van der Waals surface area contributed by atoms with Gasteiger partial charge in [0.2, 0.25) is 0 Å². The van der Waals surface area contributed by atoms with Gasteiger partial charge in [0, 0.05) is 27.8 Å². The maximum atomic E-state index is 6.24. The van der Waals surface area contributed by atoms with E-state index in [0.717, 1.165) is 28.2 Å². The maximum Gasteiger partial charge on any atom is 0.136 e. The summed E-state index contributed by atoms with van der Waals surface area (Å²) in [6, 6.07) is 67.5. The van der Waals surface area contributed by atoms with Crippen LogP contribution in [0.4, 0.5) is 17.1 Å². The zero-order valence-corrected chi connectivity index (χ0v) is 27.3. The summed E-state index contributed by atoms with van der Waals surface area (Å²) in [7, 11) is 0. The van der Waals surface area contributed by atoms with Gasteiger partial charge in [0.1, 0.15) is 11.2 Å². The molecule has 50 heavy (non-hydrogen) atoms. The summed E-state index contributed by atoms with van der Waals surface area (Å²) >= 11 is 0. The van der Waals surface area contributed by atoms with Crippen molar-refractivity contribution < 1.29 is 4.42 Å². The van der Waals surface area contributed by atoms with Gasteiger partial charge >= 0.3 is 0 Å². The van der Waals surface area contributed by atoms with Crippen molar-refractivity contribution in [2.24, 2.45) is 0 Å². The van der Waals surface area contributed by atoms with E-state index in [0.29, 0.717) is 0 Å². The standard InChI is InChI=1S/C48H31NO/c1-3-8-32(9-4-1)34-16-22-40(23-17-34)49(41-24-18-35(19-25-41)33-10-5-2-6-11-33)42-26-20-37-30-39(15-14-38(37)31-42)43-28-29-46-48-44(43)27-21-36-12-7-13-45(50-46)47(36)48/h1-31H. The fraction of sp³-hybridized carbons (Fsp3) is 0. The van der Waals surface area contributed by atoms with Crippen molar-refractivity contribution in [1.82, 2.24) is 0 Å². The first-order valence-electron chi connectivity index (χ1n) is 17.1. The molecule has 10 aromatic rings. The van der Waals surface area contributed by atoms with E-state index in [2.05, 4.69) is 193 Å². The highest BCUT2D eigenvalue weighted by atomic mass is 16.3. The monoisotopic (exact) mass is 637 g/mol. The van der Waals surface area contributed by atoms with E-state index < -0.39 is 0 Å². The van der Waals surface area contributed by atoms with Crippen LogP contribution in [0.3, 0.4) is 0 Å². The van der Waals surface area contributed by atoms with E-state index in [-0.39, 0.29) is 0 Å². The van der Waals surface area contributed by atoms with Crippen LogP contribution in [0.5, 0.6) is 0 Å². The number of anilines is 3. The van der Waals surface area contributed by atoms with Crippen LogP contribution in [0.15, 0.2) is 192 Å². The van der Waals surface area contributed by atoms with Gasteiger partial charge in [-0.05, 0) is 110 Å². The number of nitrogens with zero attached hydrogens (tertiary/aromatic N) is 1. The van der Waals surface area contributed by atoms with Crippen LogP contribution in [-0.4, -0.2) is 0 Å². The second kappa shape index (κ2) is 11.5. The zero-order chi connectivity index (χ0) is 33.0. The predicted octanol–water partition coefficient (Wildman–Crippen LogP) is 13.8. The minimum atomic E-state index is 0.940. The third-order valence-corrected chi connectivity index (χ3v) is 10.0. The van der Waals surface area contributed by atoms with E-state index in [4.69, 9.17) is 4.42 Å². The molecule has 0 aliphatic heterocycles. The number of hydrogen-bond acceptors (Lipinski definition) is 2. The quantitative estimate of drug-likeness (QED) is 0.169. The molecule has 0 saturated heterocycles. The Morgan fingerprint density at radius 2 is 0.860 bits per heavy atom. The average molecular weight is 638 g/mol. The molecule has 0 bridgehead atoms. The largest absolute Gasteiger partial charge is 0.456 e. The molecule has 2 heteroatoms. The first-order chi connectivity index (χ1) is 24.8. The van der Waals surface area contributed by atoms with E-state index in [9.17, 15) is 0 Å². The second-order valence-electron chi connectivity index (χ2n) is 13.0. The average Bonchev–Trinajstić information content (AvgIpc) is 3.58. The summed E-state index contributed by atoms with van der Waals surface area (Å²) in [6.45, 7) is 0. The molecule has 0 N–H and O–H groups in total. The molecule has 0 aliphatic carbocycles. The topological polar surface area (TPSA) is 16.4 Å². The highest BCUT2D eigenvalue weighted by molar-refractivity contribution is 6.24. The SMILES string of the molecule is c1ccc(-c2ccc(N(c3ccc(-c4ccccc4)cc3)c3ccc4cc(-c5ccc6oc7cccc8ccc5c6c87)ccc4c3)cc2)cc1. The molecule has 0 amide bonds. The van der Waals surface area contributed by atoms with Gasteiger partial charge in [0.25, 0.3) is 0 Å². The van der Waals surface area contributed by atoms with E-state index in [1.165, 1.54) is 65.7 Å². The molecular weight excluding hydrogens is 607 g/mol. The number of benzene rings is 9. The van der Waals surface area contributed by atoms with Crippen molar-refractivity contribution in [1.29, 1.82) is 0 Å². The third kappa shape index (κ3) is 4.73. The Labute approximate surface area is 290 Å². The fourth-order valence-corrected chi connectivity index (χ4v) is 7.55. The van der Waals surface area contributed by atoms with Crippen LogP contribution < -0.4 is 4.90 Å². The van der Waals surface area contributed by atoms with Crippen LogP contribution in [0, 0.1) is 0 Å². The van der Waals surface area contributed by atoms with Crippen molar-refractivity contribution in [3.63, 3.8) is 0 Å². The van der Waals surface area contributed by atoms with Gasteiger partial charge in [0.15, 0.2) is 0 Å². The van der Waals surface area contributed by atoms with Gasteiger partial charge in [-0.3, -0.25) is 0 Å². The molecule has 1 aromatic heterocycles. The molecule has 10 rings (SSSR count). The van der Waals surface area contributed by atoms with E-state index in [1.807, 2.05) is 0 Å². The first kappa shape index (κ1) is 28.4. The highest BCUT2D eigenvalue weighted by Crippen LogP contribution is 2.42. The number of hydrogen-bond donors (Lipinski definition) is 0. The Morgan fingerprint density at radius 1 is 0.320 bits per heavy atom. The minimum Gasteiger partial charge on any atom is -0.456 e. The molecule has 0 atom stereocenters. The smallest absolute Gasteiger partial charge is 0.136 e. The van der Waals surface area contributed by atoms with Crippen molar-refractivity contribution in [3.05, 3.63) is 188 Å². The van der Waals surface area contributed by atoms with E-state index in [1.54, 1.807) is 0 Å². The van der Waals surface area contributed by atoms with Crippen molar-refractivity contribution in [3.8, 4) is 33.4 Å². The van der Waals surface area contributed by atoms with Crippen LogP contribution in [0.25, 0.3) is 76.9 Å². The van der Waals surface area contributed by atoms with Gasteiger partial charge in [-0.2, -0.15) is 0 Å². The zero-order valence-electron chi connectivity index (χ0n) is 27.3. The lowest BCUT2D eigenvalue weighted by atomic mass is 9.93. The van der Waals surface area contributed by atoms with Crippen molar-refractivity contribution in [2.45, 2.75) is 0 Å².